The van der Waals surface area contributed by atoms with E-state index in [1.807, 2.05) is 12.1 Å². The van der Waals surface area contributed by atoms with Gasteiger partial charge < -0.3 is 15.3 Å². The minimum atomic E-state index is -0.279. The number of hydrogen-bond acceptors (Lipinski definition) is 4. The standard InChI is InChI=1S/C16H26ClN3O/c1-2-7-18-12-16(21)13-19-8-10-20(11-9-19)15-5-3-14(17)4-6-15/h3-6,16,18,21H,2,7-13H2,1H3. The average Bonchev–Trinajstić information content (AvgIpc) is 2.49. The van der Waals surface area contributed by atoms with Crippen molar-refractivity contribution in [2.24, 2.45) is 0 Å². The molecule has 21 heavy (non-hydrogen) atoms. The summed E-state index contributed by atoms with van der Waals surface area (Å²) in [7, 11) is 0. The lowest BCUT2D eigenvalue weighted by molar-refractivity contribution is 0.108. The molecule has 1 aromatic rings. The summed E-state index contributed by atoms with van der Waals surface area (Å²) in [5.41, 5.74) is 1.23. The van der Waals surface area contributed by atoms with Gasteiger partial charge in [0, 0.05) is 50.0 Å². The van der Waals surface area contributed by atoms with Gasteiger partial charge in [0.15, 0.2) is 0 Å². The maximum absolute atomic E-state index is 10.0. The first-order chi connectivity index (χ1) is 10.2. The van der Waals surface area contributed by atoms with Gasteiger partial charge in [0.25, 0.3) is 0 Å². The van der Waals surface area contributed by atoms with E-state index in [-0.39, 0.29) is 6.10 Å². The molecule has 0 saturated carbocycles. The smallest absolute Gasteiger partial charge is 0.0791 e. The van der Waals surface area contributed by atoms with Gasteiger partial charge in [-0.25, -0.2) is 0 Å². The lowest BCUT2D eigenvalue weighted by Gasteiger charge is -2.37. The Bertz CT molecular complexity index is 404. The number of rotatable bonds is 7. The summed E-state index contributed by atoms with van der Waals surface area (Å²) >= 11 is 5.92. The summed E-state index contributed by atoms with van der Waals surface area (Å²) in [5.74, 6) is 0. The fourth-order valence-electron chi connectivity index (χ4n) is 2.65. The van der Waals surface area contributed by atoms with Crippen LogP contribution in [0.3, 0.4) is 0 Å². The number of nitrogens with one attached hydrogen (secondary N) is 1. The molecule has 1 aliphatic heterocycles. The Kier molecular flexibility index (Phi) is 6.77. The van der Waals surface area contributed by atoms with Gasteiger partial charge in [-0.1, -0.05) is 18.5 Å². The van der Waals surface area contributed by atoms with Gasteiger partial charge in [0.05, 0.1) is 6.10 Å². The number of nitrogens with zero attached hydrogens (tertiary/aromatic N) is 2. The maximum Gasteiger partial charge on any atom is 0.0791 e. The molecule has 0 aliphatic carbocycles. The van der Waals surface area contributed by atoms with E-state index in [9.17, 15) is 5.11 Å². The van der Waals surface area contributed by atoms with Crippen molar-refractivity contribution in [2.45, 2.75) is 19.4 Å². The van der Waals surface area contributed by atoms with Crippen molar-refractivity contribution < 1.29 is 5.11 Å². The predicted molar refractivity (Wildman–Crippen MR) is 89.3 cm³/mol. The van der Waals surface area contributed by atoms with E-state index < -0.39 is 0 Å². The molecule has 0 spiro atoms. The van der Waals surface area contributed by atoms with E-state index in [1.165, 1.54) is 5.69 Å². The molecule has 1 fully saturated rings. The molecule has 2 rings (SSSR count). The van der Waals surface area contributed by atoms with Crippen LogP contribution in [0.4, 0.5) is 5.69 Å². The molecular formula is C16H26ClN3O. The van der Waals surface area contributed by atoms with Crippen molar-refractivity contribution in [3.8, 4) is 0 Å². The summed E-state index contributed by atoms with van der Waals surface area (Å²) in [5, 5.41) is 14.1. The molecular weight excluding hydrogens is 286 g/mol. The van der Waals surface area contributed by atoms with Crippen LogP contribution in [0.1, 0.15) is 13.3 Å². The lowest BCUT2D eigenvalue weighted by atomic mass is 10.2. The Hall–Kier alpha value is -0.810. The minimum Gasteiger partial charge on any atom is -0.390 e. The van der Waals surface area contributed by atoms with Crippen LogP contribution in [0.5, 0.6) is 0 Å². The molecule has 0 radical (unpaired) electrons. The summed E-state index contributed by atoms with van der Waals surface area (Å²) in [6.45, 7) is 8.53. The number of aliphatic hydroxyl groups excluding tert-OH is 1. The molecule has 1 aliphatic rings. The molecule has 1 saturated heterocycles. The van der Waals surface area contributed by atoms with E-state index in [4.69, 9.17) is 11.6 Å². The third-order valence-corrected chi connectivity index (χ3v) is 4.09. The molecule has 0 aromatic heterocycles. The Morgan fingerprint density at radius 1 is 1.19 bits per heavy atom. The second-order valence-electron chi connectivity index (χ2n) is 5.62. The second-order valence-corrected chi connectivity index (χ2v) is 6.06. The highest BCUT2D eigenvalue weighted by Crippen LogP contribution is 2.19. The highest BCUT2D eigenvalue weighted by atomic mass is 35.5. The monoisotopic (exact) mass is 311 g/mol. The van der Waals surface area contributed by atoms with Crippen molar-refractivity contribution in [2.75, 3.05) is 50.7 Å². The Morgan fingerprint density at radius 3 is 2.48 bits per heavy atom. The number of halogens is 1. The lowest BCUT2D eigenvalue weighted by Crippen LogP contribution is -2.49. The van der Waals surface area contributed by atoms with Gasteiger partial charge >= 0.3 is 0 Å². The van der Waals surface area contributed by atoms with Crippen molar-refractivity contribution in [3.05, 3.63) is 29.3 Å². The van der Waals surface area contributed by atoms with Crippen LogP contribution in [0.15, 0.2) is 24.3 Å². The first-order valence-electron chi connectivity index (χ1n) is 7.80. The van der Waals surface area contributed by atoms with Crippen LogP contribution < -0.4 is 10.2 Å². The molecule has 1 heterocycles. The molecule has 0 bridgehead atoms. The van der Waals surface area contributed by atoms with Crippen LogP contribution >= 0.6 is 11.6 Å². The molecule has 118 valence electrons. The fourth-order valence-corrected chi connectivity index (χ4v) is 2.77. The van der Waals surface area contributed by atoms with Crippen LogP contribution in [-0.2, 0) is 0 Å². The highest BCUT2D eigenvalue weighted by molar-refractivity contribution is 6.30. The quantitative estimate of drug-likeness (QED) is 0.754. The predicted octanol–water partition coefficient (Wildman–Crippen LogP) is 1.82. The van der Waals surface area contributed by atoms with Gasteiger partial charge in [0.2, 0.25) is 0 Å². The fraction of sp³-hybridized carbons (Fsp3) is 0.625. The summed E-state index contributed by atoms with van der Waals surface area (Å²) in [6, 6.07) is 8.02. The third kappa shape index (κ3) is 5.47. The number of piperazine rings is 1. The van der Waals surface area contributed by atoms with E-state index in [0.29, 0.717) is 6.54 Å². The van der Waals surface area contributed by atoms with Crippen molar-refractivity contribution in [3.63, 3.8) is 0 Å². The van der Waals surface area contributed by atoms with Crippen LogP contribution in [0.25, 0.3) is 0 Å². The largest absolute Gasteiger partial charge is 0.390 e. The molecule has 1 aromatic carbocycles. The zero-order valence-corrected chi connectivity index (χ0v) is 13.5. The van der Waals surface area contributed by atoms with Crippen molar-refractivity contribution >= 4 is 17.3 Å². The number of anilines is 1. The van der Waals surface area contributed by atoms with E-state index >= 15 is 0 Å². The summed E-state index contributed by atoms with van der Waals surface area (Å²) in [4.78, 5) is 4.71. The summed E-state index contributed by atoms with van der Waals surface area (Å²) < 4.78 is 0. The normalized spacial score (nSPS) is 18.0. The number of β-amino-alcohol motifs (C(OH)–C–C–N with tert-alkyl or cyclic N) is 1. The third-order valence-electron chi connectivity index (χ3n) is 3.84. The molecule has 5 heteroatoms. The highest BCUT2D eigenvalue weighted by Gasteiger charge is 2.19. The topological polar surface area (TPSA) is 38.7 Å². The van der Waals surface area contributed by atoms with Crippen LogP contribution in [0, 0.1) is 0 Å². The molecule has 2 N–H and O–H groups in total. The Balaban J connectivity index is 1.71. The van der Waals surface area contributed by atoms with Crippen molar-refractivity contribution in [1.29, 1.82) is 0 Å². The van der Waals surface area contributed by atoms with Gasteiger partial charge in [-0.05, 0) is 37.2 Å². The molecule has 0 amide bonds. The molecule has 1 atom stereocenters. The minimum absolute atomic E-state index is 0.279. The van der Waals surface area contributed by atoms with E-state index in [1.54, 1.807) is 0 Å². The Labute approximate surface area is 132 Å². The zero-order valence-electron chi connectivity index (χ0n) is 12.8. The van der Waals surface area contributed by atoms with Gasteiger partial charge in [-0.15, -0.1) is 0 Å². The Morgan fingerprint density at radius 2 is 1.86 bits per heavy atom. The SMILES string of the molecule is CCCNCC(O)CN1CCN(c2ccc(Cl)cc2)CC1. The number of benzene rings is 1. The van der Waals surface area contributed by atoms with E-state index in [2.05, 4.69) is 34.2 Å². The zero-order chi connectivity index (χ0) is 15.1. The second kappa shape index (κ2) is 8.59. The maximum atomic E-state index is 10.0. The van der Waals surface area contributed by atoms with Crippen LogP contribution in [-0.4, -0.2) is 61.9 Å². The first kappa shape index (κ1) is 16.6. The number of aliphatic hydroxyl groups is 1. The average molecular weight is 312 g/mol. The van der Waals surface area contributed by atoms with Crippen molar-refractivity contribution in [1.82, 2.24) is 10.2 Å². The van der Waals surface area contributed by atoms with Gasteiger partial charge in [-0.3, -0.25) is 4.90 Å². The molecule has 1 unspecified atom stereocenters. The molecule has 4 nitrogen and oxygen atoms in total. The number of hydrogen-bond donors (Lipinski definition) is 2. The van der Waals surface area contributed by atoms with Gasteiger partial charge in [0.1, 0.15) is 0 Å². The van der Waals surface area contributed by atoms with E-state index in [0.717, 1.165) is 50.7 Å². The summed E-state index contributed by atoms with van der Waals surface area (Å²) in [6.07, 6.45) is 0.825. The first-order valence-corrected chi connectivity index (χ1v) is 8.18. The van der Waals surface area contributed by atoms with Gasteiger partial charge in [-0.2, -0.15) is 0 Å². The van der Waals surface area contributed by atoms with Crippen LogP contribution in [0.2, 0.25) is 5.02 Å².